The summed E-state index contributed by atoms with van der Waals surface area (Å²) in [5.74, 6) is 1.56. The van der Waals surface area contributed by atoms with Crippen molar-refractivity contribution < 1.29 is 0 Å². The van der Waals surface area contributed by atoms with Gasteiger partial charge >= 0.3 is 5.69 Å². The highest BCUT2D eigenvalue weighted by Crippen LogP contribution is 2.36. The molecule has 1 aliphatic rings. The summed E-state index contributed by atoms with van der Waals surface area (Å²) < 4.78 is 5.59. The van der Waals surface area contributed by atoms with Crippen molar-refractivity contribution in [3.63, 3.8) is 0 Å². The van der Waals surface area contributed by atoms with E-state index in [2.05, 4.69) is 16.2 Å². The van der Waals surface area contributed by atoms with E-state index in [1.165, 1.54) is 0 Å². The second-order valence-corrected chi connectivity index (χ2v) is 9.25. The topological polar surface area (TPSA) is 74.7 Å². The van der Waals surface area contributed by atoms with Crippen molar-refractivity contribution in [1.82, 2.24) is 23.7 Å². The lowest BCUT2D eigenvalue weighted by Gasteiger charge is -2.16. The Kier molecular flexibility index (Phi) is 5.35. The van der Waals surface area contributed by atoms with Crippen molar-refractivity contribution in [2.75, 3.05) is 12.0 Å². The third kappa shape index (κ3) is 3.68. The van der Waals surface area contributed by atoms with Crippen molar-refractivity contribution >= 4 is 45.3 Å². The summed E-state index contributed by atoms with van der Waals surface area (Å²) in [5, 5.41) is 0.999. The minimum absolute atomic E-state index is 0.0772. The van der Waals surface area contributed by atoms with Gasteiger partial charge in [0, 0.05) is 23.8 Å². The normalized spacial score (nSPS) is 14.0. The van der Waals surface area contributed by atoms with E-state index in [1.807, 2.05) is 21.3 Å². The zero-order valence-corrected chi connectivity index (χ0v) is 18.7. The Balaban J connectivity index is 1.68. The first kappa shape index (κ1) is 20.3. The monoisotopic (exact) mass is 455 g/mol. The molecule has 0 bridgehead atoms. The fourth-order valence-corrected chi connectivity index (χ4v) is 4.73. The molecule has 5 rings (SSSR count). The van der Waals surface area contributed by atoms with E-state index in [1.54, 1.807) is 40.9 Å². The Morgan fingerprint density at radius 1 is 1.13 bits per heavy atom. The Hall–Kier alpha value is -2.58. The lowest BCUT2D eigenvalue weighted by atomic mass is 10.2. The van der Waals surface area contributed by atoms with Gasteiger partial charge in [-0.1, -0.05) is 11.6 Å². The average Bonchev–Trinajstić information content (AvgIpc) is 3.56. The molecule has 3 aromatic heterocycles. The van der Waals surface area contributed by atoms with Crippen LogP contribution < -0.4 is 11.2 Å². The van der Waals surface area contributed by atoms with Gasteiger partial charge in [-0.25, -0.2) is 4.79 Å². The molecule has 1 aromatic carbocycles. The molecular weight excluding hydrogens is 434 g/mol. The molecule has 0 spiro atoms. The molecule has 3 heterocycles. The van der Waals surface area contributed by atoms with Crippen LogP contribution in [0, 0.1) is 0 Å². The van der Waals surface area contributed by atoms with Gasteiger partial charge in [-0.3, -0.25) is 18.9 Å². The molecule has 1 aliphatic carbocycles. The van der Waals surface area contributed by atoms with Crippen molar-refractivity contribution in [1.29, 1.82) is 0 Å². The summed E-state index contributed by atoms with van der Waals surface area (Å²) in [6.45, 7) is 0.920. The zero-order chi connectivity index (χ0) is 21.5. The first-order chi connectivity index (χ1) is 15.1. The first-order valence-corrected chi connectivity index (χ1v) is 12.1. The minimum Gasteiger partial charge on any atom is -0.327 e. The van der Waals surface area contributed by atoms with E-state index < -0.39 is 0 Å². The molecule has 31 heavy (non-hydrogen) atoms. The smallest absolute Gasteiger partial charge is 0.327 e. The molecule has 0 atom stereocenters. The van der Waals surface area contributed by atoms with Crippen LogP contribution in [0.15, 0.2) is 46.2 Å². The van der Waals surface area contributed by atoms with Gasteiger partial charge in [-0.2, -0.15) is 16.7 Å². The van der Waals surface area contributed by atoms with Crippen molar-refractivity contribution in [3.05, 3.63) is 68.3 Å². The third-order valence-electron chi connectivity index (χ3n) is 5.73. The van der Waals surface area contributed by atoms with Crippen LogP contribution in [0.1, 0.15) is 31.1 Å². The number of aromatic nitrogens is 5. The van der Waals surface area contributed by atoms with Crippen LogP contribution in [0.25, 0.3) is 21.9 Å². The van der Waals surface area contributed by atoms with E-state index in [9.17, 15) is 9.59 Å². The maximum absolute atomic E-state index is 13.3. The molecular formula is C22H22ClN5O2S. The van der Waals surface area contributed by atoms with Gasteiger partial charge in [0.2, 0.25) is 0 Å². The second kappa shape index (κ2) is 8.16. The molecule has 1 fully saturated rings. The predicted molar refractivity (Wildman–Crippen MR) is 125 cm³/mol. The van der Waals surface area contributed by atoms with E-state index in [4.69, 9.17) is 11.6 Å². The van der Waals surface area contributed by atoms with E-state index in [0.29, 0.717) is 22.8 Å². The second-order valence-electron chi connectivity index (χ2n) is 7.83. The number of pyridine rings is 1. The van der Waals surface area contributed by atoms with E-state index >= 15 is 0 Å². The molecule has 7 nitrogen and oxygen atoms in total. The molecule has 4 aromatic rings. The van der Waals surface area contributed by atoms with Gasteiger partial charge in [0.15, 0.2) is 0 Å². The van der Waals surface area contributed by atoms with Crippen LogP contribution in [-0.2, 0) is 13.1 Å². The van der Waals surface area contributed by atoms with Crippen LogP contribution in [0.2, 0.25) is 5.02 Å². The van der Waals surface area contributed by atoms with Gasteiger partial charge in [-0.15, -0.1) is 0 Å². The minimum atomic E-state index is -0.328. The molecule has 9 heteroatoms. The summed E-state index contributed by atoms with van der Waals surface area (Å²) in [5.41, 5.74) is 2.03. The number of hydrogen-bond donors (Lipinski definition) is 0. The Morgan fingerprint density at radius 2 is 1.97 bits per heavy atom. The highest BCUT2D eigenvalue weighted by Gasteiger charge is 2.29. The molecule has 0 amide bonds. The molecule has 0 aliphatic heterocycles. The number of nitrogens with zero attached hydrogens (tertiary/aromatic N) is 5. The summed E-state index contributed by atoms with van der Waals surface area (Å²) in [6, 6.07) is 7.44. The number of rotatable bonds is 7. The van der Waals surface area contributed by atoms with Crippen LogP contribution in [0.5, 0.6) is 0 Å². The van der Waals surface area contributed by atoms with Crippen LogP contribution in [0.4, 0.5) is 0 Å². The standard InChI is InChI=1S/C22H22ClN5O2S/c1-31-10-2-9-26-17-6-3-14(23)11-16(17)21(29)25-20(26)13-27-19-12-24-8-7-18(19)28(22(27)30)15-4-5-15/h3,6-8,11-12,15H,2,4-5,9-10,13H2,1H3. The van der Waals surface area contributed by atoms with Crippen LogP contribution in [0.3, 0.4) is 0 Å². The fraction of sp³-hybridized carbons (Fsp3) is 0.364. The maximum atomic E-state index is 13.3. The van der Waals surface area contributed by atoms with Gasteiger partial charge < -0.3 is 4.57 Å². The molecule has 0 radical (unpaired) electrons. The molecule has 0 N–H and O–H groups in total. The van der Waals surface area contributed by atoms with E-state index in [-0.39, 0.29) is 23.8 Å². The summed E-state index contributed by atoms with van der Waals surface area (Å²) in [7, 11) is 0. The average molecular weight is 456 g/mol. The molecule has 0 unspecified atom stereocenters. The number of benzene rings is 1. The van der Waals surface area contributed by atoms with Crippen LogP contribution >= 0.6 is 23.4 Å². The highest BCUT2D eigenvalue weighted by atomic mass is 35.5. The Morgan fingerprint density at radius 3 is 2.74 bits per heavy atom. The number of hydrogen-bond acceptors (Lipinski definition) is 5. The summed E-state index contributed by atoms with van der Waals surface area (Å²) in [4.78, 5) is 34.7. The molecule has 160 valence electrons. The van der Waals surface area contributed by atoms with Gasteiger partial charge in [0.25, 0.3) is 5.56 Å². The maximum Gasteiger partial charge on any atom is 0.329 e. The van der Waals surface area contributed by atoms with Gasteiger partial charge in [0.05, 0.1) is 34.7 Å². The lowest BCUT2D eigenvalue weighted by Crippen LogP contribution is -2.28. The summed E-state index contributed by atoms with van der Waals surface area (Å²) >= 11 is 7.91. The van der Waals surface area contributed by atoms with Gasteiger partial charge in [-0.05, 0) is 55.5 Å². The number of aryl methyl sites for hydroxylation is 1. The predicted octanol–water partition coefficient (Wildman–Crippen LogP) is 3.70. The quantitative estimate of drug-likeness (QED) is 0.397. The zero-order valence-electron chi connectivity index (χ0n) is 17.1. The van der Waals surface area contributed by atoms with Crippen molar-refractivity contribution in [3.8, 4) is 0 Å². The molecule has 0 saturated heterocycles. The largest absolute Gasteiger partial charge is 0.329 e. The Labute approximate surface area is 187 Å². The number of imidazole rings is 1. The van der Waals surface area contributed by atoms with Gasteiger partial charge in [0.1, 0.15) is 5.82 Å². The first-order valence-electron chi connectivity index (χ1n) is 10.3. The van der Waals surface area contributed by atoms with Crippen molar-refractivity contribution in [2.24, 2.45) is 0 Å². The third-order valence-corrected chi connectivity index (χ3v) is 6.66. The number of fused-ring (bicyclic) bond motifs is 2. The lowest BCUT2D eigenvalue weighted by molar-refractivity contribution is 0.596. The fourth-order valence-electron chi connectivity index (χ4n) is 4.14. The Bertz CT molecular complexity index is 1400. The number of halogens is 1. The number of thioether (sulfide) groups is 1. The molecule has 1 saturated carbocycles. The highest BCUT2D eigenvalue weighted by molar-refractivity contribution is 7.98. The SMILES string of the molecule is CSCCCn1c(Cn2c(=O)n(C3CC3)c3ccncc32)nc(=O)c2cc(Cl)ccc21. The van der Waals surface area contributed by atoms with E-state index in [0.717, 1.165) is 41.6 Å². The van der Waals surface area contributed by atoms with Crippen molar-refractivity contribution in [2.45, 2.75) is 38.4 Å². The summed E-state index contributed by atoms with van der Waals surface area (Å²) in [6.07, 6.45) is 8.44. The van der Waals surface area contributed by atoms with Crippen LogP contribution in [-0.4, -0.2) is 35.7 Å².